The topological polar surface area (TPSA) is 191 Å². The van der Waals surface area contributed by atoms with Gasteiger partial charge in [0.2, 0.25) is 5.75 Å². The molecule has 0 spiro atoms. The van der Waals surface area contributed by atoms with Crippen LogP contribution in [0.4, 0.5) is 16.2 Å². The highest BCUT2D eigenvalue weighted by molar-refractivity contribution is 6.15. The van der Waals surface area contributed by atoms with Gasteiger partial charge in [0.05, 0.1) is 23.0 Å². The summed E-state index contributed by atoms with van der Waals surface area (Å²) in [5, 5.41) is 33.2. The lowest BCUT2D eigenvalue weighted by Gasteiger charge is -2.11. The highest BCUT2D eigenvalue weighted by Crippen LogP contribution is 2.38. The molecule has 0 radical (unpaired) electrons. The van der Waals surface area contributed by atoms with Crippen molar-refractivity contribution in [1.29, 1.82) is 0 Å². The Morgan fingerprint density at radius 3 is 2.39 bits per heavy atom. The number of ether oxygens (including phenoxy) is 2. The number of nitrogens with zero attached hydrogens (tertiary/aromatic N) is 3. The van der Waals surface area contributed by atoms with E-state index in [1.54, 1.807) is 0 Å². The van der Waals surface area contributed by atoms with E-state index >= 15 is 0 Å². The molecule has 3 rings (SSSR count). The zero-order valence-corrected chi connectivity index (χ0v) is 16.7. The molecule has 0 aliphatic carbocycles. The Balaban J connectivity index is 1.90. The number of urea groups is 1. The molecule has 2 aromatic rings. The fourth-order valence-electron chi connectivity index (χ4n) is 2.84. The van der Waals surface area contributed by atoms with Gasteiger partial charge < -0.3 is 19.9 Å². The zero-order valence-electron chi connectivity index (χ0n) is 16.7. The van der Waals surface area contributed by atoms with Crippen LogP contribution in [0.2, 0.25) is 0 Å². The molecule has 33 heavy (non-hydrogen) atoms. The highest BCUT2D eigenvalue weighted by atomic mass is 16.6. The van der Waals surface area contributed by atoms with Crippen molar-refractivity contribution >= 4 is 35.4 Å². The monoisotopic (exact) mass is 458 g/mol. The van der Waals surface area contributed by atoms with Crippen molar-refractivity contribution < 1.29 is 38.8 Å². The van der Waals surface area contributed by atoms with Crippen LogP contribution in [-0.4, -0.2) is 51.4 Å². The molecule has 14 heteroatoms. The molecular formula is C19H14N4O10. The van der Waals surface area contributed by atoms with Gasteiger partial charge in [-0.1, -0.05) is 6.07 Å². The minimum Gasteiger partial charge on any atom is -0.493 e. The summed E-state index contributed by atoms with van der Waals surface area (Å²) in [6, 6.07) is 6.22. The number of rotatable bonds is 8. The van der Waals surface area contributed by atoms with Crippen molar-refractivity contribution in [3.63, 3.8) is 0 Å². The SMILES string of the molecule is COc1cc(/C=C2/NC(=O)N(CC(=O)O)C2=O)ccc1Oc1ccc([N+](=O)[O-])cc1[N+](=O)[O-]. The van der Waals surface area contributed by atoms with E-state index in [1.807, 2.05) is 0 Å². The second-order valence-electron chi connectivity index (χ2n) is 6.45. The van der Waals surface area contributed by atoms with E-state index in [1.165, 1.54) is 31.4 Å². The molecule has 0 saturated carbocycles. The fraction of sp³-hybridized carbons (Fsp3) is 0.105. The van der Waals surface area contributed by atoms with Crippen molar-refractivity contribution in [2.24, 2.45) is 0 Å². The third-order valence-corrected chi connectivity index (χ3v) is 4.32. The van der Waals surface area contributed by atoms with E-state index in [2.05, 4.69) is 5.32 Å². The third kappa shape index (κ3) is 4.84. The summed E-state index contributed by atoms with van der Waals surface area (Å²) in [4.78, 5) is 55.9. The van der Waals surface area contributed by atoms with E-state index in [0.717, 1.165) is 18.2 Å². The molecule has 0 bridgehead atoms. The first-order valence-corrected chi connectivity index (χ1v) is 8.95. The molecule has 1 saturated heterocycles. The lowest BCUT2D eigenvalue weighted by atomic mass is 10.1. The number of carboxylic acid groups (broad SMARTS) is 1. The number of carbonyl (C=O) groups is 3. The van der Waals surface area contributed by atoms with Crippen molar-refractivity contribution in [2.45, 2.75) is 0 Å². The number of benzene rings is 2. The number of aliphatic carboxylic acids is 1. The molecule has 2 aromatic carbocycles. The van der Waals surface area contributed by atoms with Crippen LogP contribution >= 0.6 is 0 Å². The van der Waals surface area contributed by atoms with E-state index in [0.29, 0.717) is 10.5 Å². The Kier molecular flexibility index (Phi) is 6.19. The molecule has 170 valence electrons. The third-order valence-electron chi connectivity index (χ3n) is 4.32. The van der Waals surface area contributed by atoms with Gasteiger partial charge in [-0.15, -0.1) is 0 Å². The van der Waals surface area contributed by atoms with Crippen LogP contribution < -0.4 is 14.8 Å². The average molecular weight is 458 g/mol. The number of carbonyl (C=O) groups excluding carboxylic acids is 2. The number of carboxylic acids is 1. The van der Waals surface area contributed by atoms with Gasteiger partial charge in [0.25, 0.3) is 11.6 Å². The van der Waals surface area contributed by atoms with Crippen LogP contribution in [0.1, 0.15) is 5.56 Å². The minimum atomic E-state index is -1.36. The smallest absolute Gasteiger partial charge is 0.329 e. The zero-order chi connectivity index (χ0) is 24.3. The van der Waals surface area contributed by atoms with Gasteiger partial charge >= 0.3 is 17.7 Å². The van der Waals surface area contributed by atoms with Crippen LogP contribution in [-0.2, 0) is 9.59 Å². The Morgan fingerprint density at radius 1 is 1.09 bits per heavy atom. The van der Waals surface area contributed by atoms with Crippen LogP contribution in [0.15, 0.2) is 42.1 Å². The van der Waals surface area contributed by atoms with Gasteiger partial charge in [0.15, 0.2) is 11.5 Å². The van der Waals surface area contributed by atoms with E-state index in [4.69, 9.17) is 14.6 Å². The summed E-state index contributed by atoms with van der Waals surface area (Å²) < 4.78 is 10.7. The summed E-state index contributed by atoms with van der Waals surface area (Å²) in [7, 11) is 1.29. The number of amides is 3. The summed E-state index contributed by atoms with van der Waals surface area (Å²) >= 11 is 0. The molecule has 14 nitrogen and oxygen atoms in total. The van der Waals surface area contributed by atoms with Gasteiger partial charge in [0.1, 0.15) is 12.2 Å². The first-order valence-electron chi connectivity index (χ1n) is 8.95. The number of nitro benzene ring substituents is 2. The molecule has 0 atom stereocenters. The fourth-order valence-corrected chi connectivity index (χ4v) is 2.84. The summed E-state index contributed by atoms with van der Waals surface area (Å²) in [5.74, 6) is -2.33. The van der Waals surface area contributed by atoms with Crippen molar-refractivity contribution in [3.05, 3.63) is 67.9 Å². The lowest BCUT2D eigenvalue weighted by Crippen LogP contribution is -2.35. The predicted octanol–water partition coefficient (Wildman–Crippen LogP) is 2.28. The Hall–Kier alpha value is -5.01. The molecule has 2 N–H and O–H groups in total. The van der Waals surface area contributed by atoms with E-state index < -0.39 is 45.7 Å². The molecule has 1 fully saturated rings. The Morgan fingerprint density at radius 2 is 1.79 bits per heavy atom. The van der Waals surface area contributed by atoms with Crippen LogP contribution in [0.3, 0.4) is 0 Å². The largest absolute Gasteiger partial charge is 0.493 e. The summed E-state index contributed by atoms with van der Waals surface area (Å²) in [6.45, 7) is -0.799. The number of hydrogen-bond acceptors (Lipinski definition) is 9. The second kappa shape index (κ2) is 9.01. The number of imide groups is 1. The van der Waals surface area contributed by atoms with Gasteiger partial charge in [0, 0.05) is 6.07 Å². The highest BCUT2D eigenvalue weighted by Gasteiger charge is 2.34. The van der Waals surface area contributed by atoms with Crippen molar-refractivity contribution in [2.75, 3.05) is 13.7 Å². The normalized spacial score (nSPS) is 14.2. The molecule has 1 aliphatic heterocycles. The van der Waals surface area contributed by atoms with Crippen LogP contribution in [0.5, 0.6) is 17.2 Å². The van der Waals surface area contributed by atoms with Crippen molar-refractivity contribution in [3.8, 4) is 17.2 Å². The van der Waals surface area contributed by atoms with E-state index in [-0.39, 0.29) is 22.9 Å². The number of methoxy groups -OCH3 is 1. The number of hydrogen-bond donors (Lipinski definition) is 2. The number of nitro groups is 2. The maximum absolute atomic E-state index is 12.2. The van der Waals surface area contributed by atoms with Gasteiger partial charge in [-0.25, -0.2) is 9.69 Å². The van der Waals surface area contributed by atoms with E-state index in [9.17, 15) is 34.6 Å². The molecule has 1 aliphatic rings. The molecule has 3 amide bonds. The quantitative estimate of drug-likeness (QED) is 0.257. The summed E-state index contributed by atoms with van der Waals surface area (Å²) in [5.41, 5.74) is -0.917. The van der Waals surface area contributed by atoms with Crippen molar-refractivity contribution in [1.82, 2.24) is 10.2 Å². The first kappa shape index (κ1) is 22.7. The molecule has 1 heterocycles. The average Bonchev–Trinajstić information content (AvgIpc) is 3.01. The van der Waals surface area contributed by atoms with Gasteiger partial charge in [-0.05, 0) is 29.8 Å². The maximum Gasteiger partial charge on any atom is 0.329 e. The Bertz CT molecular complexity index is 1220. The standard InChI is InChI=1S/C19H14N4O10/c1-32-16-7-10(6-12-18(26)21(9-17(24)25)19(27)20-12)2-4-15(16)33-14-5-3-11(22(28)29)8-13(14)23(30)31/h2-8H,9H2,1H3,(H,20,27)(H,24,25)/b12-6+. The number of nitrogens with one attached hydrogen (secondary N) is 1. The molecule has 0 unspecified atom stereocenters. The molecule has 0 aromatic heterocycles. The first-order chi connectivity index (χ1) is 15.6. The minimum absolute atomic E-state index is 0.0332. The number of non-ortho nitro benzene ring substituents is 1. The van der Waals surface area contributed by atoms with Crippen LogP contribution in [0, 0.1) is 20.2 Å². The molecular weight excluding hydrogens is 444 g/mol. The Labute approximate surface area is 183 Å². The summed E-state index contributed by atoms with van der Waals surface area (Å²) in [6.07, 6.45) is 1.28. The predicted molar refractivity (Wildman–Crippen MR) is 109 cm³/mol. The van der Waals surface area contributed by atoms with Crippen LogP contribution in [0.25, 0.3) is 6.08 Å². The van der Waals surface area contributed by atoms with Gasteiger partial charge in [-0.3, -0.25) is 29.8 Å². The second-order valence-corrected chi connectivity index (χ2v) is 6.45. The maximum atomic E-state index is 12.2. The van der Waals surface area contributed by atoms with Gasteiger partial charge in [-0.2, -0.15) is 0 Å². The lowest BCUT2D eigenvalue weighted by molar-refractivity contribution is -0.394.